The summed E-state index contributed by atoms with van der Waals surface area (Å²) in [6.45, 7) is 1.96. The topological polar surface area (TPSA) is 48.6 Å². The molecule has 1 saturated carbocycles. The molecule has 2 aliphatic carbocycles. The van der Waals surface area contributed by atoms with E-state index in [0.717, 1.165) is 59.7 Å². The standard InChI is InChI=1S/C26H28FN3O2/c1-18-16-30(17-28-18)24-13-7-19(15-25(24)31-2)6-12-23-22-5-3-4-14-26(22,32-29-23)20-8-10-21(27)11-9-20/h6-10,12-13,15-17,21-22H,3-5,11,14H2,1-2H3/b12-6+. The van der Waals surface area contributed by atoms with Crippen LogP contribution in [0.15, 0.2) is 65.8 Å². The van der Waals surface area contributed by atoms with Crippen molar-refractivity contribution < 1.29 is 14.0 Å². The lowest BCUT2D eigenvalue weighted by Gasteiger charge is -2.38. The molecule has 0 N–H and O–H groups in total. The summed E-state index contributed by atoms with van der Waals surface area (Å²) in [4.78, 5) is 10.4. The van der Waals surface area contributed by atoms with Gasteiger partial charge in [-0.15, -0.1) is 0 Å². The first-order valence-corrected chi connectivity index (χ1v) is 11.2. The quantitative estimate of drug-likeness (QED) is 0.604. The Morgan fingerprint density at radius 2 is 2.19 bits per heavy atom. The van der Waals surface area contributed by atoms with Gasteiger partial charge in [-0.1, -0.05) is 35.9 Å². The molecule has 166 valence electrons. The zero-order chi connectivity index (χ0) is 22.1. The van der Waals surface area contributed by atoms with E-state index < -0.39 is 11.8 Å². The van der Waals surface area contributed by atoms with Crippen LogP contribution in [0.4, 0.5) is 4.39 Å². The fourth-order valence-electron chi connectivity index (χ4n) is 5.04. The molecule has 5 rings (SSSR count). The van der Waals surface area contributed by atoms with Gasteiger partial charge in [0.15, 0.2) is 5.60 Å². The fourth-order valence-corrected chi connectivity index (χ4v) is 5.04. The van der Waals surface area contributed by atoms with Crippen LogP contribution in [0.2, 0.25) is 0 Å². The van der Waals surface area contributed by atoms with E-state index in [1.54, 1.807) is 19.5 Å². The van der Waals surface area contributed by atoms with Crippen molar-refractivity contribution in [3.05, 3.63) is 71.9 Å². The third-order valence-electron chi connectivity index (χ3n) is 6.70. The number of hydrogen-bond acceptors (Lipinski definition) is 4. The molecule has 32 heavy (non-hydrogen) atoms. The van der Waals surface area contributed by atoms with Crippen molar-refractivity contribution in [1.82, 2.24) is 9.55 Å². The van der Waals surface area contributed by atoms with Gasteiger partial charge >= 0.3 is 0 Å². The first-order chi connectivity index (χ1) is 15.6. The minimum absolute atomic E-state index is 0.189. The van der Waals surface area contributed by atoms with Crippen LogP contribution in [0.1, 0.15) is 43.4 Å². The third kappa shape index (κ3) is 3.68. The number of benzene rings is 1. The highest BCUT2D eigenvalue weighted by atomic mass is 19.1. The number of hydrogen-bond donors (Lipinski definition) is 0. The van der Waals surface area contributed by atoms with Crippen molar-refractivity contribution in [1.29, 1.82) is 0 Å². The highest BCUT2D eigenvalue weighted by Gasteiger charge is 2.51. The number of aryl methyl sites for hydroxylation is 1. The van der Waals surface area contributed by atoms with Crippen LogP contribution in [0.25, 0.3) is 11.8 Å². The molecule has 0 bridgehead atoms. The number of alkyl halides is 1. The zero-order valence-electron chi connectivity index (χ0n) is 18.5. The zero-order valence-corrected chi connectivity index (χ0v) is 18.5. The molecule has 0 spiro atoms. The Kier molecular flexibility index (Phi) is 5.45. The van der Waals surface area contributed by atoms with Gasteiger partial charge in [-0.3, -0.25) is 0 Å². The number of rotatable bonds is 5. The Hall–Kier alpha value is -3.15. The van der Waals surface area contributed by atoms with Crippen LogP contribution in [-0.4, -0.2) is 34.1 Å². The number of methoxy groups -OCH3 is 1. The van der Waals surface area contributed by atoms with E-state index in [1.807, 2.05) is 42.0 Å². The second kappa shape index (κ2) is 8.41. The van der Waals surface area contributed by atoms with Crippen LogP contribution in [0.5, 0.6) is 5.75 Å². The van der Waals surface area contributed by atoms with E-state index in [0.29, 0.717) is 6.42 Å². The second-order valence-corrected chi connectivity index (χ2v) is 8.75. The van der Waals surface area contributed by atoms with Gasteiger partial charge in [0.25, 0.3) is 0 Å². The number of halogens is 1. The van der Waals surface area contributed by atoms with Gasteiger partial charge in [0.05, 0.1) is 36.4 Å². The Balaban J connectivity index is 1.38. The van der Waals surface area contributed by atoms with E-state index in [-0.39, 0.29) is 5.92 Å². The summed E-state index contributed by atoms with van der Waals surface area (Å²) in [7, 11) is 1.68. The van der Waals surface area contributed by atoms with E-state index in [2.05, 4.69) is 28.4 Å². The molecule has 3 aliphatic rings. The predicted octanol–water partition coefficient (Wildman–Crippen LogP) is 5.74. The van der Waals surface area contributed by atoms with Crippen molar-refractivity contribution >= 4 is 11.8 Å². The van der Waals surface area contributed by atoms with Crippen molar-refractivity contribution in [3.8, 4) is 11.4 Å². The Labute approximate surface area is 187 Å². The maximum Gasteiger partial charge on any atom is 0.170 e. The van der Waals surface area contributed by atoms with E-state index in [1.165, 1.54) is 0 Å². The molecule has 6 heteroatoms. The summed E-state index contributed by atoms with van der Waals surface area (Å²) in [5.74, 6) is 0.967. The summed E-state index contributed by atoms with van der Waals surface area (Å²) in [5.41, 5.74) is 4.50. The van der Waals surface area contributed by atoms with E-state index in [4.69, 9.17) is 9.57 Å². The molecule has 2 aromatic rings. The lowest BCUT2D eigenvalue weighted by atomic mass is 9.68. The lowest BCUT2D eigenvalue weighted by Crippen LogP contribution is -2.43. The van der Waals surface area contributed by atoms with E-state index in [9.17, 15) is 4.39 Å². The molecule has 0 saturated heterocycles. The van der Waals surface area contributed by atoms with Crippen molar-refractivity contribution in [3.63, 3.8) is 0 Å². The van der Waals surface area contributed by atoms with Crippen LogP contribution in [0, 0.1) is 12.8 Å². The molecule has 0 radical (unpaired) electrons. The number of oxime groups is 1. The van der Waals surface area contributed by atoms with E-state index >= 15 is 0 Å². The van der Waals surface area contributed by atoms with Crippen molar-refractivity contribution in [2.24, 2.45) is 11.1 Å². The van der Waals surface area contributed by atoms with Gasteiger partial charge < -0.3 is 14.1 Å². The van der Waals surface area contributed by atoms with Gasteiger partial charge in [0.2, 0.25) is 0 Å². The Morgan fingerprint density at radius 3 is 2.94 bits per heavy atom. The van der Waals surface area contributed by atoms with Crippen LogP contribution < -0.4 is 4.74 Å². The minimum atomic E-state index is -0.900. The molecular weight excluding hydrogens is 405 g/mol. The second-order valence-electron chi connectivity index (χ2n) is 8.75. The van der Waals surface area contributed by atoms with Crippen LogP contribution >= 0.6 is 0 Å². The highest BCUT2D eigenvalue weighted by molar-refractivity contribution is 6.01. The summed E-state index contributed by atoms with van der Waals surface area (Å²) in [6, 6.07) is 6.10. The average Bonchev–Trinajstić information content (AvgIpc) is 3.42. The van der Waals surface area contributed by atoms with Gasteiger partial charge in [-0.2, -0.15) is 0 Å². The minimum Gasteiger partial charge on any atom is -0.495 e. The lowest BCUT2D eigenvalue weighted by molar-refractivity contribution is -0.0337. The number of fused-ring (bicyclic) bond motifs is 1. The molecular formula is C26H28FN3O2. The summed E-state index contributed by atoms with van der Waals surface area (Å²) < 4.78 is 21.2. The molecule has 1 fully saturated rings. The Bertz CT molecular complexity index is 1130. The molecule has 5 nitrogen and oxygen atoms in total. The van der Waals surface area contributed by atoms with Crippen LogP contribution in [-0.2, 0) is 4.84 Å². The number of nitrogens with zero attached hydrogens (tertiary/aromatic N) is 3. The molecule has 0 amide bonds. The molecule has 3 unspecified atom stereocenters. The average molecular weight is 434 g/mol. The number of allylic oxidation sites excluding steroid dienone is 3. The third-order valence-corrected chi connectivity index (χ3v) is 6.70. The maximum absolute atomic E-state index is 13.6. The molecule has 3 atom stereocenters. The monoisotopic (exact) mass is 433 g/mol. The first-order valence-electron chi connectivity index (χ1n) is 11.2. The summed E-state index contributed by atoms with van der Waals surface area (Å²) >= 11 is 0. The number of ether oxygens (including phenoxy) is 1. The SMILES string of the molecule is COc1cc(/C=C/C2=NOC3(C4=CCC(F)C=C4)CCCCC23)ccc1-n1cnc(C)c1. The smallest absolute Gasteiger partial charge is 0.170 e. The van der Waals surface area contributed by atoms with Gasteiger partial charge in [0, 0.05) is 12.6 Å². The Morgan fingerprint density at radius 1 is 1.28 bits per heavy atom. The molecule has 2 heterocycles. The van der Waals surface area contributed by atoms with Crippen LogP contribution in [0.3, 0.4) is 0 Å². The molecule has 1 aliphatic heterocycles. The summed E-state index contributed by atoms with van der Waals surface area (Å²) in [6.07, 6.45) is 17.1. The fraction of sp³-hybridized carbons (Fsp3) is 0.385. The molecule has 1 aromatic carbocycles. The van der Waals surface area contributed by atoms with Gasteiger partial charge in [-0.25, -0.2) is 9.37 Å². The largest absolute Gasteiger partial charge is 0.495 e. The first kappa shape index (κ1) is 20.7. The normalized spacial score (nSPS) is 27.1. The van der Waals surface area contributed by atoms with Gasteiger partial charge in [0.1, 0.15) is 11.9 Å². The number of aromatic nitrogens is 2. The van der Waals surface area contributed by atoms with Crippen molar-refractivity contribution in [2.75, 3.05) is 7.11 Å². The number of imidazole rings is 1. The molecule has 1 aromatic heterocycles. The summed E-state index contributed by atoms with van der Waals surface area (Å²) in [5, 5.41) is 4.49. The van der Waals surface area contributed by atoms with Gasteiger partial charge in [-0.05, 0) is 61.6 Å². The van der Waals surface area contributed by atoms with Crippen molar-refractivity contribution in [2.45, 2.75) is 50.8 Å². The highest BCUT2D eigenvalue weighted by Crippen LogP contribution is 2.48. The maximum atomic E-state index is 13.6. The predicted molar refractivity (Wildman–Crippen MR) is 124 cm³/mol.